The molecule has 0 saturated carbocycles. The number of carbonyl (C=O) groups is 2. The van der Waals surface area contributed by atoms with Crippen molar-refractivity contribution in [3.05, 3.63) is 34.4 Å². The third-order valence-corrected chi connectivity index (χ3v) is 5.42. The molecule has 1 N–H and O–H groups in total. The van der Waals surface area contributed by atoms with Crippen LogP contribution in [0.3, 0.4) is 0 Å². The number of carbonyl (C=O) groups excluding carboxylic acids is 2. The van der Waals surface area contributed by atoms with E-state index >= 15 is 0 Å². The topological polar surface area (TPSA) is 92.6 Å². The maximum Gasteiger partial charge on any atom is 0.269 e. The lowest BCUT2D eigenvalue weighted by atomic mass is 9.95. The van der Waals surface area contributed by atoms with Crippen LogP contribution in [-0.2, 0) is 9.59 Å². The summed E-state index contributed by atoms with van der Waals surface area (Å²) in [6.45, 7) is 6.88. The van der Waals surface area contributed by atoms with E-state index in [2.05, 4.69) is 5.32 Å². The third-order valence-electron chi connectivity index (χ3n) is 4.32. The molecule has 1 unspecified atom stereocenters. The molecule has 1 atom stereocenters. The molecule has 142 valence electrons. The van der Waals surface area contributed by atoms with Gasteiger partial charge in [-0.25, -0.2) is 0 Å². The van der Waals surface area contributed by atoms with Crippen molar-refractivity contribution >= 4 is 29.3 Å². The Bertz CT molecular complexity index is 655. The first-order valence-corrected chi connectivity index (χ1v) is 9.66. The largest absolute Gasteiger partial charge is 0.354 e. The highest BCUT2D eigenvalue weighted by Gasteiger charge is 2.29. The monoisotopic (exact) mass is 379 g/mol. The van der Waals surface area contributed by atoms with Gasteiger partial charge in [-0.05, 0) is 45.7 Å². The molecule has 0 spiro atoms. The minimum absolute atomic E-state index is 0.0286. The summed E-state index contributed by atoms with van der Waals surface area (Å²) in [5.74, 6) is 0.0792. The summed E-state index contributed by atoms with van der Waals surface area (Å²) in [5.41, 5.74) is 0.0371. The predicted octanol–water partition coefficient (Wildman–Crippen LogP) is 2.84. The molecule has 0 radical (unpaired) electrons. The van der Waals surface area contributed by atoms with Crippen LogP contribution >= 0.6 is 11.8 Å². The Kier molecular flexibility index (Phi) is 7.02. The molecule has 2 rings (SSSR count). The van der Waals surface area contributed by atoms with Crippen molar-refractivity contribution in [2.75, 3.05) is 13.1 Å². The fourth-order valence-electron chi connectivity index (χ4n) is 2.92. The second-order valence-corrected chi connectivity index (χ2v) is 8.19. The lowest BCUT2D eigenvalue weighted by Crippen LogP contribution is -2.46. The number of nitro groups is 1. The number of non-ortho nitro benzene ring substituents is 1. The molecule has 26 heavy (non-hydrogen) atoms. The van der Waals surface area contributed by atoms with E-state index in [1.165, 1.54) is 23.9 Å². The molecule has 2 amide bonds. The van der Waals surface area contributed by atoms with Crippen LogP contribution in [0.5, 0.6) is 0 Å². The molecule has 1 saturated heterocycles. The normalized spacial score (nSPS) is 16.4. The molecule has 1 fully saturated rings. The van der Waals surface area contributed by atoms with Crippen molar-refractivity contribution in [2.24, 2.45) is 5.92 Å². The summed E-state index contributed by atoms with van der Waals surface area (Å²) in [4.78, 5) is 37.6. The second kappa shape index (κ2) is 9.02. The molecule has 1 aromatic rings. The number of nitro benzene ring substituents is 1. The number of hydrogen-bond acceptors (Lipinski definition) is 5. The van der Waals surface area contributed by atoms with Crippen LogP contribution in [0.15, 0.2) is 29.2 Å². The summed E-state index contributed by atoms with van der Waals surface area (Å²) in [6, 6.07) is 6.33. The van der Waals surface area contributed by atoms with Crippen molar-refractivity contribution in [2.45, 2.75) is 49.8 Å². The number of amides is 2. The first kappa shape index (κ1) is 20.2. The average Bonchev–Trinajstić information content (AvgIpc) is 2.61. The standard InChI is InChI=1S/C18H25N3O4S/c1-12(2)19-17(22)14-8-10-20(11-9-14)18(23)13(3)26-16-6-4-15(5-7-16)21(24)25/h4-7,12-14H,8-11H2,1-3H3,(H,19,22). The quantitative estimate of drug-likeness (QED) is 0.466. The summed E-state index contributed by atoms with van der Waals surface area (Å²) < 4.78 is 0. The van der Waals surface area contributed by atoms with Crippen LogP contribution in [0, 0.1) is 16.0 Å². The van der Waals surface area contributed by atoms with Crippen LogP contribution in [0.25, 0.3) is 0 Å². The SMILES string of the molecule is CC(C)NC(=O)C1CCN(C(=O)C(C)Sc2ccc([N+](=O)[O-])cc2)CC1. The zero-order valence-corrected chi connectivity index (χ0v) is 16.1. The molecule has 1 aromatic carbocycles. The molecule has 0 aromatic heterocycles. The van der Waals surface area contributed by atoms with Gasteiger partial charge in [-0.1, -0.05) is 0 Å². The maximum absolute atomic E-state index is 12.6. The molecule has 1 aliphatic heterocycles. The molecule has 0 aliphatic carbocycles. The van der Waals surface area contributed by atoms with E-state index in [1.54, 1.807) is 12.1 Å². The van der Waals surface area contributed by atoms with Crippen LogP contribution in [0.1, 0.15) is 33.6 Å². The fourth-order valence-corrected chi connectivity index (χ4v) is 3.87. The highest BCUT2D eigenvalue weighted by Crippen LogP contribution is 2.28. The van der Waals surface area contributed by atoms with E-state index in [0.717, 1.165) is 4.90 Å². The third kappa shape index (κ3) is 5.45. The lowest BCUT2D eigenvalue weighted by Gasteiger charge is -2.33. The Morgan fingerprint density at radius 3 is 2.27 bits per heavy atom. The summed E-state index contributed by atoms with van der Waals surface area (Å²) in [5, 5.41) is 13.3. The zero-order valence-electron chi connectivity index (χ0n) is 15.3. The molecule has 0 bridgehead atoms. The zero-order chi connectivity index (χ0) is 19.3. The number of rotatable bonds is 6. The number of thioether (sulfide) groups is 1. The van der Waals surface area contributed by atoms with Gasteiger partial charge in [0.1, 0.15) is 0 Å². The first-order chi connectivity index (χ1) is 12.3. The maximum atomic E-state index is 12.6. The van der Waals surface area contributed by atoms with Crippen molar-refractivity contribution in [1.29, 1.82) is 0 Å². The van der Waals surface area contributed by atoms with Gasteiger partial charge in [0, 0.05) is 42.1 Å². The van der Waals surface area contributed by atoms with Gasteiger partial charge in [0.25, 0.3) is 5.69 Å². The van der Waals surface area contributed by atoms with E-state index < -0.39 is 4.92 Å². The Balaban J connectivity index is 1.85. The van der Waals surface area contributed by atoms with Gasteiger partial charge >= 0.3 is 0 Å². The molecule has 1 heterocycles. The molecule has 1 aliphatic rings. The minimum Gasteiger partial charge on any atom is -0.354 e. The Labute approximate surface area is 157 Å². The second-order valence-electron chi connectivity index (χ2n) is 6.77. The van der Waals surface area contributed by atoms with Crippen molar-refractivity contribution < 1.29 is 14.5 Å². The van der Waals surface area contributed by atoms with E-state index in [1.807, 2.05) is 25.7 Å². The van der Waals surface area contributed by atoms with Gasteiger partial charge in [-0.15, -0.1) is 11.8 Å². The average molecular weight is 379 g/mol. The van der Waals surface area contributed by atoms with Crippen molar-refractivity contribution in [3.8, 4) is 0 Å². The summed E-state index contributed by atoms with van der Waals surface area (Å²) in [7, 11) is 0. The van der Waals surface area contributed by atoms with Gasteiger partial charge in [-0.2, -0.15) is 0 Å². The van der Waals surface area contributed by atoms with Gasteiger partial charge in [0.2, 0.25) is 11.8 Å². The number of nitrogens with zero attached hydrogens (tertiary/aromatic N) is 2. The van der Waals surface area contributed by atoms with Gasteiger partial charge in [-0.3, -0.25) is 19.7 Å². The Morgan fingerprint density at radius 2 is 1.77 bits per heavy atom. The number of likely N-dealkylation sites (tertiary alicyclic amines) is 1. The number of hydrogen-bond donors (Lipinski definition) is 1. The highest BCUT2D eigenvalue weighted by atomic mass is 32.2. The number of piperidine rings is 1. The van der Waals surface area contributed by atoms with Crippen LogP contribution in [0.2, 0.25) is 0 Å². The Hall–Kier alpha value is -2.09. The van der Waals surface area contributed by atoms with E-state index in [4.69, 9.17) is 0 Å². The Morgan fingerprint density at radius 1 is 1.19 bits per heavy atom. The first-order valence-electron chi connectivity index (χ1n) is 8.78. The molecular weight excluding hydrogens is 354 g/mol. The smallest absolute Gasteiger partial charge is 0.269 e. The van der Waals surface area contributed by atoms with Gasteiger partial charge in [0.05, 0.1) is 10.2 Å². The summed E-state index contributed by atoms with van der Waals surface area (Å²) in [6.07, 6.45) is 1.36. The van der Waals surface area contributed by atoms with Gasteiger partial charge in [0.15, 0.2) is 0 Å². The van der Waals surface area contributed by atoms with Crippen LogP contribution in [0.4, 0.5) is 5.69 Å². The molecular formula is C18H25N3O4S. The molecule has 8 heteroatoms. The van der Waals surface area contributed by atoms with E-state index in [9.17, 15) is 19.7 Å². The minimum atomic E-state index is -0.442. The van der Waals surface area contributed by atoms with Crippen LogP contribution in [-0.4, -0.2) is 46.0 Å². The highest BCUT2D eigenvalue weighted by molar-refractivity contribution is 8.00. The predicted molar refractivity (Wildman–Crippen MR) is 101 cm³/mol. The van der Waals surface area contributed by atoms with Gasteiger partial charge < -0.3 is 10.2 Å². The van der Waals surface area contributed by atoms with Crippen molar-refractivity contribution in [3.63, 3.8) is 0 Å². The fraction of sp³-hybridized carbons (Fsp3) is 0.556. The van der Waals surface area contributed by atoms with Crippen molar-refractivity contribution in [1.82, 2.24) is 10.2 Å². The summed E-state index contributed by atoms with van der Waals surface area (Å²) >= 11 is 1.39. The number of benzene rings is 1. The van der Waals surface area contributed by atoms with Crippen LogP contribution < -0.4 is 5.32 Å². The molecule has 7 nitrogen and oxygen atoms in total. The lowest BCUT2D eigenvalue weighted by molar-refractivity contribution is -0.384. The number of nitrogens with one attached hydrogen (secondary N) is 1. The van der Waals surface area contributed by atoms with E-state index in [0.29, 0.717) is 25.9 Å². The van der Waals surface area contributed by atoms with E-state index in [-0.39, 0.29) is 34.7 Å².